The van der Waals surface area contributed by atoms with Gasteiger partial charge in [0.1, 0.15) is 5.01 Å². The van der Waals surface area contributed by atoms with Crippen LogP contribution in [0.1, 0.15) is 5.56 Å². The van der Waals surface area contributed by atoms with Crippen molar-refractivity contribution in [2.45, 2.75) is 6.18 Å². The van der Waals surface area contributed by atoms with Crippen LogP contribution in [0.5, 0.6) is 0 Å². The Morgan fingerprint density at radius 3 is 1.49 bits per heavy atom. The van der Waals surface area contributed by atoms with E-state index in [-0.39, 0.29) is 0 Å². The quantitative estimate of drug-likeness (QED) is 0.210. The third-order valence-corrected chi connectivity index (χ3v) is 8.48. The Morgan fingerprint density at radius 2 is 0.927 bits per heavy atom. The fourth-order valence-corrected chi connectivity index (χ4v) is 6.28. The maximum Gasteiger partial charge on any atom is 0.416 e. The van der Waals surface area contributed by atoms with Gasteiger partial charge in [0.05, 0.1) is 15.8 Å². The molecule has 5 heteroatoms. The first-order chi connectivity index (χ1) is 19.9. The van der Waals surface area contributed by atoms with Gasteiger partial charge in [-0.05, 0) is 68.4 Å². The lowest BCUT2D eigenvalue weighted by molar-refractivity contribution is -0.137. The highest BCUT2D eigenvalue weighted by Crippen LogP contribution is 2.39. The van der Waals surface area contributed by atoms with Gasteiger partial charge < -0.3 is 0 Å². The lowest BCUT2D eigenvalue weighted by Gasteiger charge is -2.12. The third-order valence-electron chi connectivity index (χ3n) is 7.41. The van der Waals surface area contributed by atoms with Crippen molar-refractivity contribution in [2.75, 3.05) is 0 Å². The number of hydrogen-bond acceptors (Lipinski definition) is 2. The molecule has 1 nitrogen and oxygen atoms in total. The lowest BCUT2D eigenvalue weighted by Crippen LogP contribution is -2.03. The van der Waals surface area contributed by atoms with Crippen molar-refractivity contribution >= 4 is 32.3 Å². The molecule has 6 aromatic carbocycles. The second-order valence-electron chi connectivity index (χ2n) is 9.92. The maximum atomic E-state index is 12.9. The summed E-state index contributed by atoms with van der Waals surface area (Å²) in [6.07, 6.45) is -4.33. The van der Waals surface area contributed by atoms with Gasteiger partial charge in [0.2, 0.25) is 0 Å². The summed E-state index contributed by atoms with van der Waals surface area (Å²) in [4.78, 5) is 4.89. The average molecular weight is 558 g/mol. The van der Waals surface area contributed by atoms with Crippen LogP contribution in [0, 0.1) is 0 Å². The van der Waals surface area contributed by atoms with Crippen molar-refractivity contribution in [1.82, 2.24) is 4.98 Å². The van der Waals surface area contributed by atoms with Gasteiger partial charge in [-0.3, -0.25) is 0 Å². The Bertz CT molecular complexity index is 1970. The number of hydrogen-bond donors (Lipinski definition) is 0. The number of fused-ring (bicyclic) bond motifs is 2. The van der Waals surface area contributed by atoms with Gasteiger partial charge in [-0.1, -0.05) is 109 Å². The van der Waals surface area contributed by atoms with Gasteiger partial charge in [0.15, 0.2) is 0 Å². The molecule has 0 aliphatic heterocycles. The predicted molar refractivity (Wildman–Crippen MR) is 164 cm³/mol. The minimum atomic E-state index is -4.33. The van der Waals surface area contributed by atoms with Crippen molar-refractivity contribution in [3.63, 3.8) is 0 Å². The molecule has 0 atom stereocenters. The Labute approximate surface area is 239 Å². The number of nitrogens with zero attached hydrogens (tertiary/aromatic N) is 1. The number of para-hydroxylation sites is 1. The van der Waals surface area contributed by atoms with E-state index in [2.05, 4.69) is 72.8 Å². The molecule has 0 N–H and O–H groups in total. The second-order valence-corrected chi connectivity index (χ2v) is 11.0. The largest absolute Gasteiger partial charge is 0.416 e. The highest BCUT2D eigenvalue weighted by Gasteiger charge is 2.30. The summed E-state index contributed by atoms with van der Waals surface area (Å²) < 4.78 is 39.9. The number of halogens is 3. The molecular formula is C36H22F3NS. The molecule has 0 fully saturated rings. The van der Waals surface area contributed by atoms with Crippen molar-refractivity contribution in [2.24, 2.45) is 0 Å². The van der Waals surface area contributed by atoms with Crippen LogP contribution < -0.4 is 0 Å². The predicted octanol–water partition coefficient (Wildman–Crippen LogP) is 11.1. The van der Waals surface area contributed by atoms with E-state index in [1.807, 2.05) is 36.4 Å². The molecule has 0 aliphatic carbocycles. The zero-order valence-corrected chi connectivity index (χ0v) is 22.5. The number of alkyl halides is 3. The maximum absolute atomic E-state index is 12.9. The standard InChI is InChI=1S/C36H22F3NS/c37-36(38,39)28-19-17-26(18-20-28)24-11-9-23(10-12-24)25-13-15-27(16-14-25)29-21-22-32(31-6-2-1-5-30(29)31)35-40-33-7-3-4-8-34(33)41-35/h1-22H. The van der Waals surface area contributed by atoms with Gasteiger partial charge in [-0.25, -0.2) is 4.98 Å². The summed E-state index contributed by atoms with van der Waals surface area (Å²) in [6, 6.07) is 42.7. The van der Waals surface area contributed by atoms with Crippen molar-refractivity contribution in [3.05, 3.63) is 139 Å². The normalized spacial score (nSPS) is 11.8. The smallest absolute Gasteiger partial charge is 0.236 e. The number of rotatable bonds is 4. The molecule has 0 radical (unpaired) electrons. The fourth-order valence-electron chi connectivity index (χ4n) is 5.27. The summed E-state index contributed by atoms with van der Waals surface area (Å²) in [5.41, 5.74) is 7.54. The second kappa shape index (κ2) is 10.0. The number of benzene rings is 6. The molecule has 0 amide bonds. The van der Waals surface area contributed by atoms with E-state index in [0.29, 0.717) is 0 Å². The summed E-state index contributed by atoms with van der Waals surface area (Å²) in [6.45, 7) is 0. The monoisotopic (exact) mass is 557 g/mol. The minimum absolute atomic E-state index is 0.642. The fraction of sp³-hybridized carbons (Fsp3) is 0.0278. The molecule has 0 aliphatic rings. The van der Waals surface area contributed by atoms with Crippen molar-refractivity contribution < 1.29 is 13.2 Å². The van der Waals surface area contributed by atoms with Crippen molar-refractivity contribution in [1.29, 1.82) is 0 Å². The molecular weight excluding hydrogens is 535 g/mol. The number of thiazole rings is 1. The summed E-state index contributed by atoms with van der Waals surface area (Å²) >= 11 is 1.71. The van der Waals surface area contributed by atoms with Crippen LogP contribution in [0.4, 0.5) is 13.2 Å². The third kappa shape index (κ3) is 4.79. The molecule has 0 bridgehead atoms. The first-order valence-electron chi connectivity index (χ1n) is 13.2. The van der Waals surface area contributed by atoms with Gasteiger partial charge in [0, 0.05) is 5.56 Å². The Kier molecular flexibility index (Phi) is 6.17. The molecule has 7 rings (SSSR count). The van der Waals surface area contributed by atoms with Crippen LogP contribution in [-0.2, 0) is 6.18 Å². The zero-order chi connectivity index (χ0) is 28.0. The van der Waals surface area contributed by atoms with Crippen LogP contribution in [0.2, 0.25) is 0 Å². The molecule has 0 unspecified atom stereocenters. The van der Waals surface area contributed by atoms with Gasteiger partial charge in [-0.2, -0.15) is 13.2 Å². The Hall–Kier alpha value is -4.74. The summed E-state index contributed by atoms with van der Waals surface area (Å²) in [7, 11) is 0. The van der Waals surface area contributed by atoms with E-state index >= 15 is 0 Å². The Balaban J connectivity index is 1.18. The highest BCUT2D eigenvalue weighted by atomic mass is 32.1. The van der Waals surface area contributed by atoms with Crippen LogP contribution in [0.25, 0.3) is 64.9 Å². The molecule has 7 aromatic rings. The molecule has 1 heterocycles. The van der Waals surface area contributed by atoms with Crippen LogP contribution in [-0.4, -0.2) is 4.98 Å². The van der Waals surface area contributed by atoms with Crippen LogP contribution in [0.15, 0.2) is 133 Å². The van der Waals surface area contributed by atoms with E-state index < -0.39 is 11.7 Å². The lowest BCUT2D eigenvalue weighted by atomic mass is 9.93. The SMILES string of the molecule is FC(F)(F)c1ccc(-c2ccc(-c3ccc(-c4ccc(-c5nc6ccccc6s5)c5ccccc45)cc3)cc2)cc1. The van der Waals surface area contributed by atoms with Gasteiger partial charge in [-0.15, -0.1) is 11.3 Å². The van der Waals surface area contributed by atoms with E-state index in [4.69, 9.17) is 4.98 Å². The molecule has 41 heavy (non-hydrogen) atoms. The average Bonchev–Trinajstić information content (AvgIpc) is 3.45. The highest BCUT2D eigenvalue weighted by molar-refractivity contribution is 7.21. The van der Waals surface area contributed by atoms with E-state index in [1.54, 1.807) is 11.3 Å². The van der Waals surface area contributed by atoms with E-state index in [0.717, 1.165) is 61.6 Å². The van der Waals surface area contributed by atoms with Crippen LogP contribution in [0.3, 0.4) is 0 Å². The molecule has 198 valence electrons. The number of aromatic nitrogens is 1. The minimum Gasteiger partial charge on any atom is -0.236 e. The first-order valence-corrected chi connectivity index (χ1v) is 14.0. The van der Waals surface area contributed by atoms with Crippen molar-refractivity contribution in [3.8, 4) is 44.0 Å². The topological polar surface area (TPSA) is 12.9 Å². The molecule has 0 saturated carbocycles. The van der Waals surface area contributed by atoms with Crippen LogP contribution >= 0.6 is 11.3 Å². The molecule has 0 spiro atoms. The van der Waals surface area contributed by atoms with E-state index in [9.17, 15) is 13.2 Å². The van der Waals surface area contributed by atoms with E-state index in [1.165, 1.54) is 27.6 Å². The van der Waals surface area contributed by atoms with Gasteiger partial charge >= 0.3 is 6.18 Å². The zero-order valence-electron chi connectivity index (χ0n) is 21.7. The molecule has 1 aromatic heterocycles. The molecule has 0 saturated heterocycles. The summed E-state index contributed by atoms with van der Waals surface area (Å²) in [5.74, 6) is 0. The van der Waals surface area contributed by atoms with Gasteiger partial charge in [0.25, 0.3) is 0 Å². The Morgan fingerprint density at radius 1 is 0.463 bits per heavy atom. The summed E-state index contributed by atoms with van der Waals surface area (Å²) in [5, 5.41) is 3.37. The first kappa shape index (κ1) is 25.2.